The smallest absolute Gasteiger partial charge is 0.274 e. The first kappa shape index (κ1) is 10.1. The summed E-state index contributed by atoms with van der Waals surface area (Å²) in [7, 11) is 0. The summed E-state index contributed by atoms with van der Waals surface area (Å²) in [6.07, 6.45) is 1.01. The second kappa shape index (κ2) is 3.38. The van der Waals surface area contributed by atoms with Gasteiger partial charge in [-0.1, -0.05) is 6.07 Å². The molecule has 0 saturated heterocycles. The molecule has 1 N–H and O–H groups in total. The standard InChI is InChI=1S/C9H11F2NO/c1-6-3-7(5-12-4-6)8(13)9(2,10)11/h3-5,8,13H,1-2H3. The summed E-state index contributed by atoms with van der Waals surface area (Å²) in [6.45, 7) is 2.41. The number of halogens is 2. The van der Waals surface area contributed by atoms with E-state index >= 15 is 0 Å². The molecule has 0 aliphatic carbocycles. The van der Waals surface area contributed by atoms with E-state index in [-0.39, 0.29) is 5.56 Å². The van der Waals surface area contributed by atoms with Gasteiger partial charge in [0.2, 0.25) is 0 Å². The largest absolute Gasteiger partial charge is 0.382 e. The molecule has 0 aliphatic rings. The zero-order valence-electron chi connectivity index (χ0n) is 7.46. The van der Waals surface area contributed by atoms with E-state index in [1.165, 1.54) is 12.3 Å². The van der Waals surface area contributed by atoms with Crippen LogP contribution in [0.3, 0.4) is 0 Å². The topological polar surface area (TPSA) is 33.1 Å². The van der Waals surface area contributed by atoms with E-state index in [0.717, 1.165) is 5.56 Å². The van der Waals surface area contributed by atoms with Gasteiger partial charge in [0.1, 0.15) is 6.10 Å². The van der Waals surface area contributed by atoms with Crippen LogP contribution >= 0.6 is 0 Å². The van der Waals surface area contributed by atoms with Gasteiger partial charge >= 0.3 is 0 Å². The van der Waals surface area contributed by atoms with Gasteiger partial charge in [0.05, 0.1) is 0 Å². The van der Waals surface area contributed by atoms with Crippen LogP contribution in [0.5, 0.6) is 0 Å². The molecular weight excluding hydrogens is 176 g/mol. The van der Waals surface area contributed by atoms with E-state index in [0.29, 0.717) is 6.92 Å². The molecule has 4 heteroatoms. The molecule has 0 aromatic carbocycles. The molecule has 0 aliphatic heterocycles. The maximum absolute atomic E-state index is 12.7. The SMILES string of the molecule is Cc1cncc(C(O)C(C)(F)F)c1. The highest BCUT2D eigenvalue weighted by atomic mass is 19.3. The molecule has 1 atom stereocenters. The molecular formula is C9H11F2NO. The van der Waals surface area contributed by atoms with Crippen molar-refractivity contribution in [3.63, 3.8) is 0 Å². The average molecular weight is 187 g/mol. The first-order valence-electron chi connectivity index (χ1n) is 3.88. The molecule has 0 spiro atoms. The number of hydrogen-bond donors (Lipinski definition) is 1. The molecule has 2 nitrogen and oxygen atoms in total. The molecule has 0 amide bonds. The molecule has 72 valence electrons. The van der Waals surface area contributed by atoms with Crippen molar-refractivity contribution in [1.82, 2.24) is 4.98 Å². The Hall–Kier alpha value is -1.03. The van der Waals surface area contributed by atoms with Crippen molar-refractivity contribution in [3.8, 4) is 0 Å². The summed E-state index contributed by atoms with van der Waals surface area (Å²) in [4.78, 5) is 3.73. The van der Waals surface area contributed by atoms with Gasteiger partial charge < -0.3 is 5.11 Å². The zero-order valence-corrected chi connectivity index (χ0v) is 7.46. The summed E-state index contributed by atoms with van der Waals surface area (Å²) in [6, 6.07) is 1.50. The van der Waals surface area contributed by atoms with E-state index in [9.17, 15) is 13.9 Å². The number of aliphatic hydroxyl groups excluding tert-OH is 1. The third-order valence-corrected chi connectivity index (χ3v) is 1.69. The fraction of sp³-hybridized carbons (Fsp3) is 0.444. The van der Waals surface area contributed by atoms with Gasteiger partial charge in [-0.15, -0.1) is 0 Å². The molecule has 1 unspecified atom stereocenters. The Morgan fingerprint density at radius 3 is 2.54 bits per heavy atom. The molecule has 1 aromatic rings. The Morgan fingerprint density at radius 1 is 1.46 bits per heavy atom. The van der Waals surface area contributed by atoms with Crippen molar-refractivity contribution >= 4 is 0 Å². The van der Waals surface area contributed by atoms with Crippen molar-refractivity contribution in [3.05, 3.63) is 29.6 Å². The van der Waals surface area contributed by atoms with Gasteiger partial charge in [0.15, 0.2) is 0 Å². The number of alkyl halides is 2. The van der Waals surface area contributed by atoms with Crippen LogP contribution in [0.25, 0.3) is 0 Å². The summed E-state index contributed by atoms with van der Waals surface area (Å²) < 4.78 is 25.3. The molecule has 1 rings (SSSR count). The summed E-state index contributed by atoms with van der Waals surface area (Å²) in [5.41, 5.74) is 0.897. The average Bonchev–Trinajstić information content (AvgIpc) is 2.01. The van der Waals surface area contributed by atoms with Crippen molar-refractivity contribution in [2.75, 3.05) is 0 Å². The quantitative estimate of drug-likeness (QED) is 0.768. The number of aryl methyl sites for hydroxylation is 1. The Labute approximate surface area is 75.2 Å². The van der Waals surface area contributed by atoms with Crippen LogP contribution in [-0.2, 0) is 0 Å². The molecule has 0 fully saturated rings. The van der Waals surface area contributed by atoms with Gasteiger partial charge in [-0.25, -0.2) is 8.78 Å². The minimum absolute atomic E-state index is 0.146. The highest BCUT2D eigenvalue weighted by Gasteiger charge is 2.33. The molecule has 1 aromatic heterocycles. The molecule has 0 radical (unpaired) electrons. The van der Waals surface area contributed by atoms with E-state index in [2.05, 4.69) is 4.98 Å². The highest BCUT2D eigenvalue weighted by Crippen LogP contribution is 2.30. The predicted molar refractivity (Wildman–Crippen MR) is 44.6 cm³/mol. The Morgan fingerprint density at radius 2 is 2.08 bits per heavy atom. The lowest BCUT2D eigenvalue weighted by molar-refractivity contribution is -0.0955. The number of pyridine rings is 1. The third-order valence-electron chi connectivity index (χ3n) is 1.69. The minimum atomic E-state index is -3.13. The number of hydrogen-bond acceptors (Lipinski definition) is 2. The van der Waals surface area contributed by atoms with Crippen molar-refractivity contribution in [2.45, 2.75) is 25.9 Å². The van der Waals surface area contributed by atoms with E-state index < -0.39 is 12.0 Å². The Kier molecular flexibility index (Phi) is 2.61. The fourth-order valence-electron chi connectivity index (χ4n) is 1.02. The number of aromatic nitrogens is 1. The highest BCUT2D eigenvalue weighted by molar-refractivity contribution is 5.20. The van der Waals surface area contributed by atoms with Crippen LogP contribution in [0.1, 0.15) is 24.2 Å². The van der Waals surface area contributed by atoms with Crippen molar-refractivity contribution in [1.29, 1.82) is 0 Å². The normalized spacial score (nSPS) is 14.2. The lowest BCUT2D eigenvalue weighted by Gasteiger charge is -2.18. The van der Waals surface area contributed by atoms with Crippen LogP contribution in [0.2, 0.25) is 0 Å². The minimum Gasteiger partial charge on any atom is -0.382 e. The van der Waals surface area contributed by atoms with Gasteiger partial charge in [-0.2, -0.15) is 0 Å². The van der Waals surface area contributed by atoms with Crippen LogP contribution < -0.4 is 0 Å². The predicted octanol–water partition coefficient (Wildman–Crippen LogP) is 2.08. The van der Waals surface area contributed by atoms with E-state index in [1.807, 2.05) is 0 Å². The lowest BCUT2D eigenvalue weighted by atomic mass is 10.1. The van der Waals surface area contributed by atoms with Gasteiger partial charge in [0.25, 0.3) is 5.92 Å². The van der Waals surface area contributed by atoms with Gasteiger partial charge in [0, 0.05) is 24.9 Å². The number of nitrogens with zero attached hydrogens (tertiary/aromatic N) is 1. The molecule has 0 bridgehead atoms. The molecule has 1 heterocycles. The molecule has 13 heavy (non-hydrogen) atoms. The summed E-state index contributed by atoms with van der Waals surface area (Å²) in [5.74, 6) is -3.13. The Balaban J connectivity index is 2.96. The number of aliphatic hydroxyl groups is 1. The maximum Gasteiger partial charge on any atom is 0.274 e. The monoisotopic (exact) mass is 187 g/mol. The maximum atomic E-state index is 12.7. The van der Waals surface area contributed by atoms with Crippen molar-refractivity contribution < 1.29 is 13.9 Å². The third kappa shape index (κ3) is 2.45. The first-order valence-corrected chi connectivity index (χ1v) is 3.88. The second-order valence-corrected chi connectivity index (χ2v) is 3.15. The fourth-order valence-corrected chi connectivity index (χ4v) is 1.02. The summed E-state index contributed by atoms with van der Waals surface area (Å²) >= 11 is 0. The lowest BCUT2D eigenvalue weighted by Crippen LogP contribution is -2.21. The zero-order chi connectivity index (χ0) is 10.1. The molecule has 0 saturated carbocycles. The van der Waals surface area contributed by atoms with Crippen LogP contribution in [0.15, 0.2) is 18.5 Å². The van der Waals surface area contributed by atoms with Gasteiger partial charge in [-0.05, 0) is 12.5 Å². The number of rotatable bonds is 2. The van der Waals surface area contributed by atoms with Crippen LogP contribution in [0.4, 0.5) is 8.78 Å². The van der Waals surface area contributed by atoms with Crippen molar-refractivity contribution in [2.24, 2.45) is 0 Å². The Bertz CT molecular complexity index is 296. The van der Waals surface area contributed by atoms with Crippen LogP contribution in [0, 0.1) is 6.92 Å². The van der Waals surface area contributed by atoms with Gasteiger partial charge in [-0.3, -0.25) is 4.98 Å². The first-order chi connectivity index (χ1) is 5.91. The van der Waals surface area contributed by atoms with E-state index in [1.54, 1.807) is 13.1 Å². The summed E-state index contributed by atoms with van der Waals surface area (Å²) in [5, 5.41) is 9.19. The van der Waals surface area contributed by atoms with Crippen LogP contribution in [-0.4, -0.2) is 16.0 Å². The van der Waals surface area contributed by atoms with E-state index in [4.69, 9.17) is 0 Å². The second-order valence-electron chi connectivity index (χ2n) is 3.15.